The highest BCUT2D eigenvalue weighted by Crippen LogP contribution is 2.27. The van der Waals surface area contributed by atoms with Crippen molar-refractivity contribution in [2.24, 2.45) is 5.84 Å². The van der Waals surface area contributed by atoms with Gasteiger partial charge in [-0.3, -0.25) is 0 Å². The van der Waals surface area contributed by atoms with Crippen molar-refractivity contribution in [3.63, 3.8) is 0 Å². The van der Waals surface area contributed by atoms with Gasteiger partial charge < -0.3 is 10.7 Å². The summed E-state index contributed by atoms with van der Waals surface area (Å²) in [6, 6.07) is 0. The minimum absolute atomic E-state index is 0.325. The summed E-state index contributed by atoms with van der Waals surface area (Å²) in [4.78, 5) is 8.45. The van der Waals surface area contributed by atoms with E-state index in [0.717, 1.165) is 24.3 Å². The van der Waals surface area contributed by atoms with Gasteiger partial charge in [-0.1, -0.05) is 13.8 Å². The molecule has 0 aliphatic carbocycles. The number of hydrogen-bond donors (Lipinski definition) is 3. The summed E-state index contributed by atoms with van der Waals surface area (Å²) in [5.74, 6) is 8.60. The van der Waals surface area contributed by atoms with E-state index in [0.29, 0.717) is 11.7 Å². The van der Waals surface area contributed by atoms with Gasteiger partial charge in [0.2, 0.25) is 0 Å². The van der Waals surface area contributed by atoms with Crippen LogP contribution >= 0.6 is 11.8 Å². The van der Waals surface area contributed by atoms with Crippen LogP contribution in [0.15, 0.2) is 6.33 Å². The summed E-state index contributed by atoms with van der Waals surface area (Å²) >= 11 is 1.88. The van der Waals surface area contributed by atoms with E-state index in [1.807, 2.05) is 11.8 Å². The highest BCUT2D eigenvalue weighted by Gasteiger charge is 2.13. The largest absolute Gasteiger partial charge is 0.370 e. The van der Waals surface area contributed by atoms with Gasteiger partial charge in [-0.2, -0.15) is 11.8 Å². The molecule has 0 spiro atoms. The van der Waals surface area contributed by atoms with E-state index < -0.39 is 0 Å². The van der Waals surface area contributed by atoms with Gasteiger partial charge >= 0.3 is 0 Å². The van der Waals surface area contributed by atoms with Crippen molar-refractivity contribution in [2.75, 3.05) is 29.3 Å². The Morgan fingerprint density at radius 1 is 1.28 bits per heavy atom. The molecule has 0 aromatic carbocycles. The Balaban J connectivity index is 2.64. The number of nitrogens with two attached hydrogens (primary N) is 1. The molecule has 5 nitrogen and oxygen atoms in total. The number of thioether (sulfide) groups is 1. The summed E-state index contributed by atoms with van der Waals surface area (Å²) in [7, 11) is 0. The fraction of sp³-hybridized carbons (Fsp3) is 0.667. The number of nitrogen functional groups attached to an aromatic ring is 1. The van der Waals surface area contributed by atoms with Crippen molar-refractivity contribution in [3.8, 4) is 0 Å². The molecular weight excluding hydrogens is 246 g/mol. The average Bonchev–Trinajstić information content (AvgIpc) is 2.37. The molecule has 0 amide bonds. The lowest BCUT2D eigenvalue weighted by Gasteiger charge is -2.16. The second kappa shape index (κ2) is 8.16. The molecule has 0 bridgehead atoms. The second-order valence-electron chi connectivity index (χ2n) is 4.41. The minimum Gasteiger partial charge on any atom is -0.370 e. The van der Waals surface area contributed by atoms with E-state index in [1.54, 1.807) is 0 Å². The van der Waals surface area contributed by atoms with Crippen molar-refractivity contribution in [3.05, 3.63) is 11.9 Å². The van der Waals surface area contributed by atoms with Crippen molar-refractivity contribution < 1.29 is 0 Å². The maximum atomic E-state index is 5.48. The van der Waals surface area contributed by atoms with Crippen LogP contribution in [-0.2, 0) is 0 Å². The first-order valence-electron chi connectivity index (χ1n) is 6.25. The summed E-state index contributed by atoms with van der Waals surface area (Å²) in [6.07, 6.45) is 6.03. The van der Waals surface area contributed by atoms with E-state index in [9.17, 15) is 0 Å². The van der Waals surface area contributed by atoms with Crippen LogP contribution in [0, 0.1) is 0 Å². The number of nitrogens with zero attached hydrogens (tertiary/aromatic N) is 2. The molecule has 1 aromatic rings. The predicted molar refractivity (Wildman–Crippen MR) is 80.0 cm³/mol. The topological polar surface area (TPSA) is 75.9 Å². The fourth-order valence-corrected chi connectivity index (χ4v) is 2.27. The maximum absolute atomic E-state index is 5.48. The second-order valence-corrected chi connectivity index (χ2v) is 5.40. The van der Waals surface area contributed by atoms with Crippen LogP contribution < -0.4 is 16.6 Å². The van der Waals surface area contributed by atoms with Gasteiger partial charge in [0.1, 0.15) is 18.0 Å². The quantitative estimate of drug-likeness (QED) is 0.382. The molecule has 0 aliphatic rings. The predicted octanol–water partition coefficient (Wildman–Crippen LogP) is 2.44. The molecule has 1 rings (SSSR count). The molecule has 0 atom stereocenters. The van der Waals surface area contributed by atoms with Gasteiger partial charge in [0.25, 0.3) is 0 Å². The Bertz CT molecular complexity index is 356. The third-order valence-electron chi connectivity index (χ3n) is 2.67. The SMILES string of the molecule is CSCCCCNc1ncnc(NN)c1C(C)C. The molecule has 0 aliphatic heterocycles. The van der Waals surface area contributed by atoms with Gasteiger partial charge in [0, 0.05) is 12.1 Å². The van der Waals surface area contributed by atoms with E-state index >= 15 is 0 Å². The molecule has 1 heterocycles. The lowest BCUT2D eigenvalue weighted by atomic mass is 10.0. The molecular formula is C12H23N5S. The zero-order valence-electron chi connectivity index (χ0n) is 11.4. The van der Waals surface area contributed by atoms with E-state index in [-0.39, 0.29) is 0 Å². The Morgan fingerprint density at radius 2 is 2.00 bits per heavy atom. The highest BCUT2D eigenvalue weighted by atomic mass is 32.2. The molecule has 0 saturated carbocycles. The molecule has 4 N–H and O–H groups in total. The minimum atomic E-state index is 0.325. The summed E-state index contributed by atoms with van der Waals surface area (Å²) in [5.41, 5.74) is 3.68. The number of anilines is 2. The molecule has 0 radical (unpaired) electrons. The van der Waals surface area contributed by atoms with Crippen molar-refractivity contribution in [1.29, 1.82) is 0 Å². The van der Waals surface area contributed by atoms with Crippen molar-refractivity contribution in [2.45, 2.75) is 32.6 Å². The van der Waals surface area contributed by atoms with Gasteiger partial charge in [0.15, 0.2) is 0 Å². The van der Waals surface area contributed by atoms with Gasteiger partial charge in [-0.25, -0.2) is 15.8 Å². The van der Waals surface area contributed by atoms with Crippen LogP contribution in [-0.4, -0.2) is 28.5 Å². The van der Waals surface area contributed by atoms with Crippen LogP contribution in [0.3, 0.4) is 0 Å². The molecule has 0 saturated heterocycles. The van der Waals surface area contributed by atoms with Crippen LogP contribution in [0.2, 0.25) is 0 Å². The van der Waals surface area contributed by atoms with E-state index in [2.05, 4.69) is 40.8 Å². The number of unbranched alkanes of at least 4 members (excludes halogenated alkanes) is 1. The third-order valence-corrected chi connectivity index (χ3v) is 3.36. The molecule has 0 fully saturated rings. The van der Waals surface area contributed by atoms with E-state index in [1.165, 1.54) is 18.5 Å². The van der Waals surface area contributed by atoms with Crippen molar-refractivity contribution >= 4 is 23.4 Å². The highest BCUT2D eigenvalue weighted by molar-refractivity contribution is 7.98. The van der Waals surface area contributed by atoms with Crippen molar-refractivity contribution in [1.82, 2.24) is 9.97 Å². The monoisotopic (exact) mass is 269 g/mol. The standard InChI is InChI=1S/C12H23N5S/c1-9(2)10-11(14-6-4-5-7-18-3)15-8-16-12(10)17-13/h8-9H,4-7,13H2,1-3H3,(H2,14,15,16,17). The van der Waals surface area contributed by atoms with Gasteiger partial charge in [-0.15, -0.1) is 0 Å². The Kier molecular flexibility index (Phi) is 6.82. The Labute approximate surface area is 113 Å². The van der Waals surface area contributed by atoms with Gasteiger partial charge in [0.05, 0.1) is 0 Å². The van der Waals surface area contributed by atoms with Crippen LogP contribution in [0.25, 0.3) is 0 Å². The normalized spacial score (nSPS) is 10.7. The summed E-state index contributed by atoms with van der Waals surface area (Å²) < 4.78 is 0. The number of rotatable bonds is 8. The Hall–Kier alpha value is -1.01. The molecule has 0 unspecified atom stereocenters. The lowest BCUT2D eigenvalue weighted by molar-refractivity contribution is 0.817. The number of hydrogen-bond acceptors (Lipinski definition) is 6. The van der Waals surface area contributed by atoms with Crippen LogP contribution in [0.1, 0.15) is 38.2 Å². The smallest absolute Gasteiger partial charge is 0.148 e. The Morgan fingerprint density at radius 3 is 2.61 bits per heavy atom. The first kappa shape index (κ1) is 15.0. The summed E-state index contributed by atoms with van der Waals surface area (Å²) in [6.45, 7) is 5.15. The number of aromatic nitrogens is 2. The first-order valence-corrected chi connectivity index (χ1v) is 7.64. The molecule has 18 heavy (non-hydrogen) atoms. The molecule has 6 heteroatoms. The van der Waals surface area contributed by atoms with Gasteiger partial charge in [-0.05, 0) is 30.8 Å². The average molecular weight is 269 g/mol. The molecule has 102 valence electrons. The third kappa shape index (κ3) is 4.34. The molecule has 1 aromatic heterocycles. The number of nitrogens with one attached hydrogen (secondary N) is 2. The maximum Gasteiger partial charge on any atom is 0.148 e. The fourth-order valence-electron chi connectivity index (χ4n) is 1.78. The van der Waals surface area contributed by atoms with Crippen LogP contribution in [0.5, 0.6) is 0 Å². The number of hydrazine groups is 1. The first-order chi connectivity index (χ1) is 8.70. The lowest BCUT2D eigenvalue weighted by Crippen LogP contribution is -2.15. The van der Waals surface area contributed by atoms with E-state index in [4.69, 9.17) is 5.84 Å². The summed E-state index contributed by atoms with van der Waals surface area (Å²) in [5, 5.41) is 3.37. The van der Waals surface area contributed by atoms with Crippen LogP contribution in [0.4, 0.5) is 11.6 Å². The zero-order valence-corrected chi connectivity index (χ0v) is 12.2. The zero-order chi connectivity index (χ0) is 13.4.